The van der Waals surface area contributed by atoms with Crippen molar-refractivity contribution < 1.29 is 64.3 Å². The van der Waals surface area contributed by atoms with Crippen LogP contribution in [0.3, 0.4) is 0 Å². The summed E-state index contributed by atoms with van der Waals surface area (Å²) >= 11 is 0. The molecule has 0 aromatic carbocycles. The van der Waals surface area contributed by atoms with Gasteiger partial charge >= 0.3 is 0 Å². The van der Waals surface area contributed by atoms with Crippen LogP contribution in [0.15, 0.2) is 0 Å². The van der Waals surface area contributed by atoms with Gasteiger partial charge in [0.2, 0.25) is 0 Å². The second-order valence-electron chi connectivity index (χ2n) is 6.48. The smallest absolute Gasteiger partial charge is 0.294 e. The molecule has 0 aliphatic heterocycles. The van der Waals surface area contributed by atoms with Gasteiger partial charge in [-0.1, -0.05) is 0 Å². The predicted octanol–water partition coefficient (Wildman–Crippen LogP) is -1.77. The molecule has 0 bridgehead atoms. The molecule has 0 spiro atoms. The first-order chi connectivity index (χ1) is 16.2. The van der Waals surface area contributed by atoms with E-state index in [-0.39, 0.29) is 0 Å². The molecule has 25 nitrogen and oxygen atoms in total. The van der Waals surface area contributed by atoms with Gasteiger partial charge in [-0.2, -0.15) is 0 Å². The molecule has 0 heterocycles. The maximum absolute atomic E-state index is 10.6. The molecule has 35 heavy (non-hydrogen) atoms. The average Bonchev–Trinajstić information content (AvgIpc) is 2.74. The van der Waals surface area contributed by atoms with Crippen molar-refractivity contribution in [3.05, 3.63) is 60.7 Å². The third-order valence-electron chi connectivity index (χ3n) is 3.67. The molecule has 25 heteroatoms. The Morgan fingerprint density at radius 2 is 0.543 bits per heavy atom. The lowest BCUT2D eigenvalue weighted by Crippen LogP contribution is -2.47. The fourth-order valence-electron chi connectivity index (χ4n) is 2.12. The van der Waals surface area contributed by atoms with Crippen LogP contribution >= 0.6 is 0 Å². The summed E-state index contributed by atoms with van der Waals surface area (Å²) in [6.07, 6.45) is 0. The second-order valence-corrected chi connectivity index (χ2v) is 6.48. The molecule has 0 aliphatic carbocycles. The minimum absolute atomic E-state index is 0.986. The highest BCUT2D eigenvalue weighted by atomic mass is 17.0. The van der Waals surface area contributed by atoms with Crippen molar-refractivity contribution >= 4 is 0 Å². The largest absolute Gasteiger partial charge is 0.380 e. The zero-order valence-corrected chi connectivity index (χ0v) is 17.1. The van der Waals surface area contributed by atoms with Gasteiger partial charge in [0, 0.05) is 0 Å². The van der Waals surface area contributed by atoms with Gasteiger partial charge in [-0.25, -0.2) is 0 Å². The average molecular weight is 524 g/mol. The van der Waals surface area contributed by atoms with Gasteiger partial charge in [0.25, 0.3) is 30.5 Å². The van der Waals surface area contributed by atoms with E-state index in [1.165, 1.54) is 0 Å². The molecule has 0 N–H and O–H groups in total. The Morgan fingerprint density at radius 3 is 0.686 bits per heavy atom. The van der Waals surface area contributed by atoms with E-state index in [9.17, 15) is 60.7 Å². The van der Waals surface area contributed by atoms with Gasteiger partial charge in [0.05, 0.1) is 24.0 Å². The topological polar surface area (TPSA) is 323 Å². The van der Waals surface area contributed by atoms with Crippen molar-refractivity contribution in [3.8, 4) is 0 Å². The third-order valence-corrected chi connectivity index (χ3v) is 3.67. The van der Waals surface area contributed by atoms with E-state index in [0.29, 0.717) is 0 Å². The van der Waals surface area contributed by atoms with Gasteiger partial charge in [-0.15, -0.1) is 60.7 Å². The normalized spacial score (nSPS) is 11.0. The molecule has 0 saturated heterocycles. The molecular weight excluding hydrogens is 508 g/mol. The minimum Gasteiger partial charge on any atom is -0.380 e. The molecule has 200 valence electrons. The van der Waals surface area contributed by atoms with Gasteiger partial charge in [0.15, 0.2) is 0 Å². The van der Waals surface area contributed by atoms with Crippen molar-refractivity contribution in [2.75, 3.05) is 52.9 Å². The molecule has 0 aromatic rings. The molecule has 0 fully saturated rings. The predicted molar refractivity (Wildman–Crippen MR) is 93.4 cm³/mol. The molecule has 0 radical (unpaired) electrons. The van der Waals surface area contributed by atoms with Gasteiger partial charge < -0.3 is 33.8 Å². The molecule has 0 unspecified atom stereocenters. The summed E-state index contributed by atoms with van der Waals surface area (Å²) < 4.78 is 5.14. The zero-order valence-electron chi connectivity index (χ0n) is 17.1. The van der Waals surface area contributed by atoms with Gasteiger partial charge in [0.1, 0.15) is 39.6 Å². The van der Waals surface area contributed by atoms with Crippen LogP contribution in [-0.2, 0) is 33.8 Å². The second kappa shape index (κ2) is 14.3. The van der Waals surface area contributed by atoms with E-state index < -0.39 is 94.2 Å². The summed E-state index contributed by atoms with van der Waals surface area (Å²) in [6.45, 7) is -8.82. The summed E-state index contributed by atoms with van der Waals surface area (Å²) in [4.78, 5) is 87.8. The van der Waals surface area contributed by atoms with Crippen LogP contribution in [-0.4, -0.2) is 83.4 Å². The first-order valence-corrected chi connectivity index (χ1v) is 8.42. The molecule has 0 amide bonds. The Hall–Kier alpha value is -4.84. The van der Waals surface area contributed by atoms with Crippen LogP contribution in [0.4, 0.5) is 0 Å². The molecule has 0 atom stereocenters. The minimum atomic E-state index is -2.16. The number of hydrogen-bond acceptors (Lipinski definition) is 19. The Balaban J connectivity index is 5.86. The highest BCUT2D eigenvalue weighted by Crippen LogP contribution is 2.25. The van der Waals surface area contributed by atoms with Crippen molar-refractivity contribution in [2.24, 2.45) is 10.8 Å². The van der Waals surface area contributed by atoms with Gasteiger partial charge in [-0.3, -0.25) is 0 Å². The molecule has 0 aromatic heterocycles. The summed E-state index contributed by atoms with van der Waals surface area (Å²) in [5.74, 6) is 0. The molecule has 0 rings (SSSR count). The summed E-state index contributed by atoms with van der Waals surface area (Å²) in [6, 6.07) is 0. The molecule has 0 aliphatic rings. The van der Waals surface area contributed by atoms with Crippen LogP contribution in [0.25, 0.3) is 0 Å². The van der Waals surface area contributed by atoms with E-state index in [2.05, 4.69) is 29.0 Å². The van der Waals surface area contributed by atoms with E-state index in [1.807, 2.05) is 0 Å². The number of ether oxygens (including phenoxy) is 1. The quantitative estimate of drug-likeness (QED) is 0.111. The van der Waals surface area contributed by atoms with Crippen LogP contribution in [0.2, 0.25) is 0 Å². The highest BCUT2D eigenvalue weighted by Gasteiger charge is 2.40. The number of rotatable bonds is 22. The Bertz CT molecular complexity index is 622. The van der Waals surface area contributed by atoms with Crippen LogP contribution < -0.4 is 0 Å². The molecular formula is C10H16N6O19. The fraction of sp³-hybridized carbons (Fsp3) is 1.00. The first-order valence-electron chi connectivity index (χ1n) is 8.42. The zero-order chi connectivity index (χ0) is 27.1. The lowest BCUT2D eigenvalue weighted by atomic mass is 9.90. The van der Waals surface area contributed by atoms with Crippen molar-refractivity contribution in [1.29, 1.82) is 0 Å². The lowest BCUT2D eigenvalue weighted by Gasteiger charge is -2.34. The summed E-state index contributed by atoms with van der Waals surface area (Å²) in [7, 11) is 0. The van der Waals surface area contributed by atoms with Crippen molar-refractivity contribution in [1.82, 2.24) is 0 Å². The number of hydrogen-bond donors (Lipinski definition) is 0. The third kappa shape index (κ3) is 14.0. The van der Waals surface area contributed by atoms with Gasteiger partial charge in [-0.05, 0) is 0 Å². The van der Waals surface area contributed by atoms with Crippen molar-refractivity contribution in [3.63, 3.8) is 0 Å². The van der Waals surface area contributed by atoms with Crippen LogP contribution in [0, 0.1) is 71.5 Å². The van der Waals surface area contributed by atoms with E-state index in [4.69, 9.17) is 4.74 Å². The fourth-order valence-corrected chi connectivity index (χ4v) is 2.12. The van der Waals surface area contributed by atoms with Crippen LogP contribution in [0.1, 0.15) is 0 Å². The lowest BCUT2D eigenvalue weighted by molar-refractivity contribution is -0.783. The number of nitrogens with zero attached hydrogens (tertiary/aromatic N) is 6. The highest BCUT2D eigenvalue weighted by molar-refractivity contribution is 4.81. The Morgan fingerprint density at radius 1 is 0.371 bits per heavy atom. The SMILES string of the molecule is O=[N+]([O-])OCC(COCC(CO[N+](=O)[O-])(CO[N+](=O)[O-])CO[N+](=O)[O-])(CO[N+](=O)[O-])CO[N+](=O)[O-]. The maximum Gasteiger partial charge on any atom is 0.294 e. The standard InChI is InChI=1S/C10H16N6O19/c17-11(18)30-3-9(4-31-12(19)20,5-32-13(21)22)1-29-2-10(6-33-14(23)24,7-34-15(25)26)8-35-16(27)28/h1-8H2. The summed E-state index contributed by atoms with van der Waals surface area (Å²) in [5.41, 5.74) is -4.31. The Labute approximate surface area is 189 Å². The summed E-state index contributed by atoms with van der Waals surface area (Å²) in [5, 5.41) is 55.1. The van der Waals surface area contributed by atoms with E-state index >= 15 is 0 Å². The maximum atomic E-state index is 10.6. The monoisotopic (exact) mass is 524 g/mol. The van der Waals surface area contributed by atoms with E-state index in [0.717, 1.165) is 0 Å². The van der Waals surface area contributed by atoms with Crippen molar-refractivity contribution in [2.45, 2.75) is 0 Å². The van der Waals surface area contributed by atoms with E-state index in [1.54, 1.807) is 0 Å². The first kappa shape index (κ1) is 30.2. The molecule has 0 saturated carbocycles. The Kier molecular flexibility index (Phi) is 12.4. The van der Waals surface area contributed by atoms with Crippen LogP contribution in [0.5, 0.6) is 0 Å².